The number of rotatable bonds is 7. The Morgan fingerprint density at radius 1 is 1.33 bits per heavy atom. The number of hydrogen-bond acceptors (Lipinski definition) is 3. The quantitative estimate of drug-likeness (QED) is 0.596. The summed E-state index contributed by atoms with van der Waals surface area (Å²) >= 11 is 0. The van der Waals surface area contributed by atoms with E-state index in [2.05, 4.69) is 33.1 Å². The molecule has 0 radical (unpaired) electrons. The molecule has 0 amide bonds. The zero-order valence-electron chi connectivity index (χ0n) is 13.9. The molecule has 3 nitrogen and oxygen atoms in total. The summed E-state index contributed by atoms with van der Waals surface area (Å²) in [7, 11) is 1.48. The van der Waals surface area contributed by atoms with Crippen molar-refractivity contribution in [2.75, 3.05) is 7.11 Å². The van der Waals surface area contributed by atoms with Gasteiger partial charge in [-0.1, -0.05) is 39.8 Å². The van der Waals surface area contributed by atoms with Crippen molar-refractivity contribution in [2.45, 2.75) is 53.0 Å². The van der Waals surface area contributed by atoms with Crippen LogP contribution in [0.1, 0.15) is 46.1 Å². The fourth-order valence-electron chi connectivity index (χ4n) is 2.96. The molecule has 120 valence electrons. The van der Waals surface area contributed by atoms with Crippen LogP contribution in [0.25, 0.3) is 0 Å². The van der Waals surface area contributed by atoms with Crippen LogP contribution in [0.5, 0.6) is 5.75 Å². The molecule has 0 aliphatic heterocycles. The van der Waals surface area contributed by atoms with Crippen molar-refractivity contribution in [2.24, 2.45) is 17.2 Å². The monoisotopic (exact) mass is 296 g/mol. The third kappa shape index (κ3) is 6.02. The zero-order chi connectivity index (χ0) is 16.0. The van der Waals surface area contributed by atoms with Crippen LogP contribution < -0.4 is 16.0 Å². The number of hydrogen-bond donors (Lipinski definition) is 2. The number of methoxy groups -OCH3 is 1. The number of benzene rings is 1. The molecule has 2 unspecified atom stereocenters. The van der Waals surface area contributed by atoms with Crippen LogP contribution in [0.15, 0.2) is 18.2 Å². The lowest BCUT2D eigenvalue weighted by Crippen LogP contribution is -2.38. The maximum absolute atomic E-state index is 14.2. The van der Waals surface area contributed by atoms with Crippen LogP contribution >= 0.6 is 0 Å². The molecule has 1 rings (SSSR count). The lowest BCUT2D eigenvalue weighted by molar-refractivity contribution is 0.274. The first-order valence-corrected chi connectivity index (χ1v) is 7.54. The van der Waals surface area contributed by atoms with Crippen molar-refractivity contribution in [1.82, 2.24) is 5.43 Å². The lowest BCUT2D eigenvalue weighted by Gasteiger charge is -2.26. The van der Waals surface area contributed by atoms with E-state index in [1.165, 1.54) is 7.11 Å². The molecule has 0 heterocycles. The molecular formula is C17H29FN2O. The fraction of sp³-hybridized carbons (Fsp3) is 0.647. The van der Waals surface area contributed by atoms with E-state index in [1.807, 2.05) is 6.07 Å². The number of halogens is 1. The van der Waals surface area contributed by atoms with Crippen LogP contribution in [-0.2, 0) is 6.42 Å². The largest absolute Gasteiger partial charge is 0.494 e. The second kappa shape index (κ2) is 7.76. The Kier molecular flexibility index (Phi) is 6.62. The maximum atomic E-state index is 14.2. The lowest BCUT2D eigenvalue weighted by atomic mass is 9.82. The van der Waals surface area contributed by atoms with Crippen LogP contribution in [-0.4, -0.2) is 13.2 Å². The van der Waals surface area contributed by atoms with Gasteiger partial charge in [-0.25, -0.2) is 4.39 Å². The molecule has 1 aromatic carbocycles. The van der Waals surface area contributed by atoms with Crippen molar-refractivity contribution in [3.63, 3.8) is 0 Å². The Morgan fingerprint density at radius 3 is 2.52 bits per heavy atom. The number of nitrogens with two attached hydrogens (primary N) is 1. The van der Waals surface area contributed by atoms with Gasteiger partial charge in [0.15, 0.2) is 11.6 Å². The molecule has 3 N–H and O–H groups in total. The maximum Gasteiger partial charge on any atom is 0.168 e. The van der Waals surface area contributed by atoms with Gasteiger partial charge < -0.3 is 4.74 Å². The van der Waals surface area contributed by atoms with E-state index in [1.54, 1.807) is 12.1 Å². The van der Waals surface area contributed by atoms with Gasteiger partial charge in [0.2, 0.25) is 0 Å². The van der Waals surface area contributed by atoms with E-state index in [0.29, 0.717) is 23.3 Å². The SMILES string of the molecule is COc1cccc(CC(CC(C)CC(C)(C)C)NN)c1F. The van der Waals surface area contributed by atoms with E-state index in [9.17, 15) is 4.39 Å². The number of hydrazine groups is 1. The second-order valence-electron chi connectivity index (χ2n) is 7.11. The first-order valence-electron chi connectivity index (χ1n) is 7.54. The van der Waals surface area contributed by atoms with Crippen molar-refractivity contribution < 1.29 is 9.13 Å². The fourth-order valence-corrected chi connectivity index (χ4v) is 2.96. The first kappa shape index (κ1) is 17.9. The van der Waals surface area contributed by atoms with Gasteiger partial charge in [-0.05, 0) is 42.2 Å². The van der Waals surface area contributed by atoms with Gasteiger partial charge in [-0.15, -0.1) is 0 Å². The molecule has 0 saturated carbocycles. The third-order valence-electron chi connectivity index (χ3n) is 3.61. The number of ether oxygens (including phenoxy) is 1. The minimum absolute atomic E-state index is 0.0592. The Hall–Kier alpha value is -1.13. The molecule has 0 bridgehead atoms. The standard InChI is InChI=1S/C17H29FN2O/c1-12(11-17(2,3)4)9-14(20-19)10-13-7-6-8-15(21-5)16(13)18/h6-8,12,14,20H,9-11,19H2,1-5H3. The summed E-state index contributed by atoms with van der Waals surface area (Å²) < 4.78 is 19.2. The van der Waals surface area contributed by atoms with E-state index in [-0.39, 0.29) is 17.6 Å². The number of nitrogens with one attached hydrogen (secondary N) is 1. The van der Waals surface area contributed by atoms with Crippen LogP contribution in [0, 0.1) is 17.2 Å². The average molecular weight is 296 g/mol. The zero-order valence-corrected chi connectivity index (χ0v) is 13.9. The predicted octanol–water partition coefficient (Wildman–Crippen LogP) is 3.67. The summed E-state index contributed by atoms with van der Waals surface area (Å²) in [6, 6.07) is 5.29. The molecule has 0 aliphatic rings. The highest BCUT2D eigenvalue weighted by Gasteiger charge is 2.20. The third-order valence-corrected chi connectivity index (χ3v) is 3.61. The predicted molar refractivity (Wildman–Crippen MR) is 85.6 cm³/mol. The molecule has 0 fully saturated rings. The smallest absolute Gasteiger partial charge is 0.168 e. The van der Waals surface area contributed by atoms with E-state index < -0.39 is 0 Å². The summed E-state index contributed by atoms with van der Waals surface area (Å²) in [5, 5.41) is 0. The normalized spacial score (nSPS) is 14.8. The average Bonchev–Trinajstić information content (AvgIpc) is 2.38. The van der Waals surface area contributed by atoms with Crippen molar-refractivity contribution in [3.05, 3.63) is 29.6 Å². The molecule has 0 saturated heterocycles. The molecule has 2 atom stereocenters. The van der Waals surface area contributed by atoms with Crippen molar-refractivity contribution in [3.8, 4) is 5.75 Å². The van der Waals surface area contributed by atoms with E-state index >= 15 is 0 Å². The van der Waals surface area contributed by atoms with Crippen LogP contribution in [0.4, 0.5) is 4.39 Å². The molecule has 0 aromatic heterocycles. The summed E-state index contributed by atoms with van der Waals surface area (Å²) in [6.07, 6.45) is 2.60. The minimum atomic E-state index is -0.288. The summed E-state index contributed by atoms with van der Waals surface area (Å²) in [4.78, 5) is 0. The highest BCUT2D eigenvalue weighted by molar-refractivity contribution is 5.31. The highest BCUT2D eigenvalue weighted by Crippen LogP contribution is 2.28. The Balaban J connectivity index is 2.70. The van der Waals surface area contributed by atoms with Gasteiger partial charge in [-0.3, -0.25) is 11.3 Å². The van der Waals surface area contributed by atoms with Crippen LogP contribution in [0.3, 0.4) is 0 Å². The first-order chi connectivity index (χ1) is 9.76. The molecule has 21 heavy (non-hydrogen) atoms. The molecule has 0 spiro atoms. The summed E-state index contributed by atoms with van der Waals surface area (Å²) in [5.41, 5.74) is 3.76. The Bertz CT molecular complexity index is 443. The topological polar surface area (TPSA) is 47.3 Å². The summed E-state index contributed by atoms with van der Waals surface area (Å²) in [6.45, 7) is 8.92. The highest BCUT2D eigenvalue weighted by atomic mass is 19.1. The van der Waals surface area contributed by atoms with Crippen molar-refractivity contribution in [1.29, 1.82) is 0 Å². The van der Waals surface area contributed by atoms with Gasteiger partial charge >= 0.3 is 0 Å². The molecule has 4 heteroatoms. The molecular weight excluding hydrogens is 267 g/mol. The van der Waals surface area contributed by atoms with Gasteiger partial charge in [0.05, 0.1) is 7.11 Å². The Morgan fingerprint density at radius 2 is 2.00 bits per heavy atom. The molecule has 1 aromatic rings. The van der Waals surface area contributed by atoms with Crippen molar-refractivity contribution >= 4 is 0 Å². The Labute approximate surface area is 128 Å². The second-order valence-corrected chi connectivity index (χ2v) is 7.11. The van der Waals surface area contributed by atoms with Gasteiger partial charge in [0.25, 0.3) is 0 Å². The van der Waals surface area contributed by atoms with Gasteiger partial charge in [-0.2, -0.15) is 0 Å². The summed E-state index contributed by atoms with van der Waals surface area (Å²) in [5.74, 6) is 6.17. The molecule has 0 aliphatic carbocycles. The van der Waals surface area contributed by atoms with E-state index in [0.717, 1.165) is 12.8 Å². The van der Waals surface area contributed by atoms with Gasteiger partial charge in [0, 0.05) is 6.04 Å². The minimum Gasteiger partial charge on any atom is -0.494 e. The van der Waals surface area contributed by atoms with E-state index in [4.69, 9.17) is 10.6 Å². The van der Waals surface area contributed by atoms with Gasteiger partial charge in [0.1, 0.15) is 0 Å². The van der Waals surface area contributed by atoms with Crippen LogP contribution in [0.2, 0.25) is 0 Å².